The number of amides is 1. The number of nitrogens with zero attached hydrogens (tertiary/aromatic N) is 1. The third kappa shape index (κ3) is 3.61. The number of unbranched alkanes of at least 4 members (excludes halogenated alkanes) is 2. The Morgan fingerprint density at radius 3 is 2.14 bits per heavy atom. The topological polar surface area (TPSA) is 71.5 Å². The summed E-state index contributed by atoms with van der Waals surface area (Å²) in [5.74, 6) is -0.514. The number of fused-ring (bicyclic) bond motifs is 2. The summed E-state index contributed by atoms with van der Waals surface area (Å²) in [6.45, 7) is 5.41. The lowest BCUT2D eigenvalue weighted by Crippen LogP contribution is -2.33. The molecule has 2 aromatic rings. The fraction of sp³-hybridized carbons (Fsp3) is 0.364. The van der Waals surface area contributed by atoms with Gasteiger partial charge in [0.25, 0.3) is 5.91 Å². The normalized spacial score (nSPS) is 14.3. The molecule has 0 saturated carbocycles. The van der Waals surface area contributed by atoms with Gasteiger partial charge in [-0.15, -0.1) is 0 Å². The lowest BCUT2D eigenvalue weighted by Gasteiger charge is -2.24. The zero-order valence-electron chi connectivity index (χ0n) is 16.3. The summed E-state index contributed by atoms with van der Waals surface area (Å²) in [7, 11) is -3.84. The predicted octanol–water partition coefficient (Wildman–Crippen LogP) is 4.11. The first-order chi connectivity index (χ1) is 13.4. The molecule has 0 radical (unpaired) electrons. The Balaban J connectivity index is 2.02. The Hall–Kier alpha value is -2.47. The Morgan fingerprint density at radius 1 is 0.893 bits per heavy atom. The maximum absolute atomic E-state index is 13.1. The molecule has 0 atom stereocenters. The van der Waals surface area contributed by atoms with Gasteiger partial charge < -0.3 is 4.90 Å². The van der Waals surface area contributed by atoms with E-state index in [-0.39, 0.29) is 32.6 Å². The number of ketones is 1. The molecule has 0 unspecified atom stereocenters. The van der Waals surface area contributed by atoms with Crippen LogP contribution in [0.5, 0.6) is 0 Å². The van der Waals surface area contributed by atoms with Gasteiger partial charge in [-0.05, 0) is 43.2 Å². The molecule has 5 nitrogen and oxygen atoms in total. The molecule has 0 fully saturated rings. The molecule has 0 aromatic heterocycles. The first-order valence-electron chi connectivity index (χ1n) is 9.74. The molecule has 2 aromatic carbocycles. The van der Waals surface area contributed by atoms with Crippen LogP contribution in [0.15, 0.2) is 52.3 Å². The summed E-state index contributed by atoms with van der Waals surface area (Å²) in [6.07, 6.45) is 3.73. The average Bonchev–Trinajstić information content (AvgIpc) is 2.71. The lowest BCUT2D eigenvalue weighted by molar-refractivity contribution is 0.0750. The van der Waals surface area contributed by atoms with Crippen LogP contribution in [0.3, 0.4) is 0 Å². The van der Waals surface area contributed by atoms with Crippen LogP contribution in [0, 0.1) is 0 Å². The Kier molecular flexibility index (Phi) is 5.98. The van der Waals surface area contributed by atoms with E-state index >= 15 is 0 Å². The fourth-order valence-corrected chi connectivity index (χ4v) is 5.09. The smallest absolute Gasteiger partial charge is 0.253 e. The van der Waals surface area contributed by atoms with Crippen molar-refractivity contribution < 1.29 is 18.0 Å². The number of rotatable bonds is 7. The molecule has 0 aliphatic carbocycles. The minimum absolute atomic E-state index is 0.00548. The van der Waals surface area contributed by atoms with Crippen molar-refractivity contribution >= 4 is 21.5 Å². The molecular weight excluding hydrogens is 374 g/mol. The summed E-state index contributed by atoms with van der Waals surface area (Å²) in [6, 6.07) is 10.6. The molecule has 1 aliphatic rings. The van der Waals surface area contributed by atoms with Crippen LogP contribution in [-0.2, 0) is 9.84 Å². The molecular formula is C22H25NO4S. The van der Waals surface area contributed by atoms with Gasteiger partial charge in [0.15, 0.2) is 5.78 Å². The summed E-state index contributed by atoms with van der Waals surface area (Å²) in [5, 5.41) is 0. The van der Waals surface area contributed by atoms with Gasteiger partial charge in [-0.25, -0.2) is 8.42 Å². The third-order valence-electron chi connectivity index (χ3n) is 5.03. The van der Waals surface area contributed by atoms with Gasteiger partial charge in [0.2, 0.25) is 9.84 Å². The Morgan fingerprint density at radius 2 is 1.50 bits per heavy atom. The number of sulfone groups is 1. The van der Waals surface area contributed by atoms with Crippen molar-refractivity contribution in [3.8, 4) is 0 Å². The number of hydrogen-bond donors (Lipinski definition) is 0. The largest absolute Gasteiger partial charge is 0.339 e. The van der Waals surface area contributed by atoms with Gasteiger partial charge in [-0.3, -0.25) is 9.59 Å². The van der Waals surface area contributed by atoms with Crippen molar-refractivity contribution in [3.05, 3.63) is 59.2 Å². The van der Waals surface area contributed by atoms with Crippen LogP contribution in [-0.4, -0.2) is 38.1 Å². The molecule has 6 heteroatoms. The van der Waals surface area contributed by atoms with E-state index in [4.69, 9.17) is 0 Å². The second-order valence-electron chi connectivity index (χ2n) is 7.04. The summed E-state index contributed by atoms with van der Waals surface area (Å²) >= 11 is 0. The van der Waals surface area contributed by atoms with E-state index in [1.807, 2.05) is 0 Å². The van der Waals surface area contributed by atoms with Gasteiger partial charge in [0, 0.05) is 29.8 Å². The van der Waals surface area contributed by atoms with E-state index in [9.17, 15) is 18.0 Å². The van der Waals surface area contributed by atoms with Crippen molar-refractivity contribution in [1.29, 1.82) is 0 Å². The van der Waals surface area contributed by atoms with Crippen LogP contribution < -0.4 is 0 Å². The monoisotopic (exact) mass is 399 g/mol. The van der Waals surface area contributed by atoms with E-state index < -0.39 is 9.84 Å². The minimum atomic E-state index is -3.84. The van der Waals surface area contributed by atoms with Crippen molar-refractivity contribution in [2.75, 3.05) is 13.1 Å². The average molecular weight is 400 g/mol. The van der Waals surface area contributed by atoms with Crippen molar-refractivity contribution in [2.45, 2.75) is 49.3 Å². The van der Waals surface area contributed by atoms with E-state index in [1.165, 1.54) is 24.3 Å². The zero-order chi connectivity index (χ0) is 20.3. The van der Waals surface area contributed by atoms with E-state index in [1.54, 1.807) is 23.1 Å². The molecule has 0 bridgehead atoms. The second kappa shape index (κ2) is 8.27. The standard InChI is InChI=1S/C22H25NO4S/c1-3-5-13-23(14-6-4-2)22(25)16-11-12-18-20(15-16)28(26,27)19-10-8-7-9-17(19)21(18)24/h7-12,15H,3-6,13-14H2,1-2H3. The molecule has 1 aliphatic heterocycles. The summed E-state index contributed by atoms with van der Waals surface area (Å²) in [4.78, 5) is 27.5. The van der Waals surface area contributed by atoms with Crippen LogP contribution in [0.25, 0.3) is 0 Å². The van der Waals surface area contributed by atoms with Gasteiger partial charge in [-0.1, -0.05) is 38.8 Å². The molecule has 1 amide bonds. The van der Waals surface area contributed by atoms with Gasteiger partial charge in [0.1, 0.15) is 0 Å². The number of hydrogen-bond acceptors (Lipinski definition) is 4. The molecule has 28 heavy (non-hydrogen) atoms. The summed E-state index contributed by atoms with van der Waals surface area (Å²) in [5.41, 5.74) is 0.618. The highest BCUT2D eigenvalue weighted by molar-refractivity contribution is 7.91. The van der Waals surface area contributed by atoms with Crippen LogP contribution in [0.2, 0.25) is 0 Å². The quantitative estimate of drug-likeness (QED) is 0.599. The molecule has 3 rings (SSSR count). The summed E-state index contributed by atoms with van der Waals surface area (Å²) < 4.78 is 26.1. The van der Waals surface area contributed by atoms with E-state index in [0.29, 0.717) is 18.7 Å². The predicted molar refractivity (Wildman–Crippen MR) is 107 cm³/mol. The van der Waals surface area contributed by atoms with Crippen molar-refractivity contribution in [2.24, 2.45) is 0 Å². The number of benzene rings is 2. The van der Waals surface area contributed by atoms with Crippen molar-refractivity contribution in [1.82, 2.24) is 4.90 Å². The first kappa shape index (κ1) is 20.3. The highest BCUT2D eigenvalue weighted by Gasteiger charge is 2.35. The van der Waals surface area contributed by atoms with Crippen LogP contribution in [0.4, 0.5) is 0 Å². The molecule has 1 heterocycles. The molecule has 0 spiro atoms. The minimum Gasteiger partial charge on any atom is -0.339 e. The van der Waals surface area contributed by atoms with Gasteiger partial charge >= 0.3 is 0 Å². The maximum atomic E-state index is 13.1. The third-order valence-corrected chi connectivity index (χ3v) is 6.89. The maximum Gasteiger partial charge on any atom is 0.253 e. The Bertz CT molecular complexity index is 1000. The highest BCUT2D eigenvalue weighted by Crippen LogP contribution is 2.34. The number of carbonyl (C=O) groups excluding carboxylic acids is 2. The van der Waals surface area contributed by atoms with Crippen LogP contribution in [0.1, 0.15) is 65.8 Å². The molecule has 0 saturated heterocycles. The molecule has 148 valence electrons. The molecule has 0 N–H and O–H groups in total. The lowest BCUT2D eigenvalue weighted by atomic mass is 10.0. The second-order valence-corrected chi connectivity index (χ2v) is 8.93. The fourth-order valence-electron chi connectivity index (χ4n) is 3.41. The van der Waals surface area contributed by atoms with E-state index in [2.05, 4.69) is 13.8 Å². The Labute approximate surface area is 166 Å². The highest BCUT2D eigenvalue weighted by atomic mass is 32.2. The first-order valence-corrected chi connectivity index (χ1v) is 11.2. The van der Waals surface area contributed by atoms with Crippen molar-refractivity contribution in [3.63, 3.8) is 0 Å². The number of carbonyl (C=O) groups is 2. The van der Waals surface area contributed by atoms with Gasteiger partial charge in [-0.2, -0.15) is 0 Å². The zero-order valence-corrected chi connectivity index (χ0v) is 17.1. The SMILES string of the molecule is CCCCN(CCCC)C(=O)c1ccc2c(c1)S(=O)(=O)c1ccccc1C2=O. The van der Waals surface area contributed by atoms with Gasteiger partial charge in [0.05, 0.1) is 9.79 Å². The van der Waals surface area contributed by atoms with E-state index in [0.717, 1.165) is 25.7 Å². The van der Waals surface area contributed by atoms with Crippen LogP contribution >= 0.6 is 0 Å².